The standard InChI is InChI=1S/C29H40O2/c1-22(2)9-7-11-24(5)13-15-26-19-27(21-28(20-26)17-18-29(30)31)16-14-25(6)12-8-10-23(3)4/h9-10,13-14,17-21H,7-8,11-12,15-16H2,1-6H3,(H,30,31)/b18-17+,24-13+,25-14+. The molecular formula is C29H40O2. The molecule has 168 valence electrons. The molecule has 1 aromatic rings. The molecule has 1 N–H and O–H groups in total. The zero-order valence-electron chi connectivity index (χ0n) is 20.3. The van der Waals surface area contributed by atoms with Crippen LogP contribution in [-0.2, 0) is 17.6 Å². The van der Waals surface area contributed by atoms with Gasteiger partial charge in [-0.05, 0) is 103 Å². The minimum atomic E-state index is -0.919. The van der Waals surface area contributed by atoms with Gasteiger partial charge in [0, 0.05) is 6.08 Å². The zero-order valence-corrected chi connectivity index (χ0v) is 20.3. The molecule has 0 aromatic heterocycles. The van der Waals surface area contributed by atoms with E-state index in [1.165, 1.54) is 39.5 Å². The molecule has 0 saturated carbocycles. The second kappa shape index (κ2) is 14.4. The van der Waals surface area contributed by atoms with Crippen molar-refractivity contribution in [3.8, 4) is 0 Å². The highest BCUT2D eigenvalue weighted by Gasteiger charge is 2.01. The first-order valence-corrected chi connectivity index (χ1v) is 11.3. The molecule has 2 nitrogen and oxygen atoms in total. The number of rotatable bonds is 12. The van der Waals surface area contributed by atoms with E-state index < -0.39 is 5.97 Å². The highest BCUT2D eigenvalue weighted by Crippen LogP contribution is 2.17. The quantitative estimate of drug-likeness (QED) is 0.273. The van der Waals surface area contributed by atoms with Crippen LogP contribution in [0.15, 0.2) is 70.9 Å². The number of hydrogen-bond donors (Lipinski definition) is 1. The Balaban J connectivity index is 2.95. The summed E-state index contributed by atoms with van der Waals surface area (Å²) in [6.45, 7) is 12.9. The number of aliphatic carboxylic acids is 1. The van der Waals surface area contributed by atoms with E-state index >= 15 is 0 Å². The summed E-state index contributed by atoms with van der Waals surface area (Å²) in [5.41, 5.74) is 8.89. The Morgan fingerprint density at radius 3 is 1.58 bits per heavy atom. The van der Waals surface area contributed by atoms with Gasteiger partial charge in [0.05, 0.1) is 0 Å². The normalized spacial score (nSPS) is 12.2. The van der Waals surface area contributed by atoms with Crippen molar-refractivity contribution in [3.05, 3.63) is 87.6 Å². The van der Waals surface area contributed by atoms with Gasteiger partial charge in [-0.3, -0.25) is 0 Å². The first-order chi connectivity index (χ1) is 14.7. The van der Waals surface area contributed by atoms with E-state index in [9.17, 15) is 4.79 Å². The monoisotopic (exact) mass is 420 g/mol. The van der Waals surface area contributed by atoms with Gasteiger partial charge in [-0.25, -0.2) is 4.79 Å². The lowest BCUT2D eigenvalue weighted by atomic mass is 9.98. The average Bonchev–Trinajstić information content (AvgIpc) is 2.68. The Labute approximate surface area is 189 Å². The van der Waals surface area contributed by atoms with Gasteiger partial charge in [0.25, 0.3) is 0 Å². The van der Waals surface area contributed by atoms with Crippen molar-refractivity contribution in [3.63, 3.8) is 0 Å². The number of hydrogen-bond acceptors (Lipinski definition) is 1. The molecule has 0 saturated heterocycles. The predicted octanol–water partition coefficient (Wildman–Crippen LogP) is 8.25. The summed E-state index contributed by atoms with van der Waals surface area (Å²) >= 11 is 0. The Morgan fingerprint density at radius 2 is 1.19 bits per heavy atom. The van der Waals surface area contributed by atoms with Crippen molar-refractivity contribution in [2.24, 2.45) is 0 Å². The minimum Gasteiger partial charge on any atom is -0.478 e. The summed E-state index contributed by atoms with van der Waals surface area (Å²) in [5.74, 6) is -0.919. The third kappa shape index (κ3) is 13.3. The van der Waals surface area contributed by atoms with Gasteiger partial charge >= 0.3 is 5.97 Å². The van der Waals surface area contributed by atoms with Crippen molar-refractivity contribution < 1.29 is 9.90 Å². The van der Waals surface area contributed by atoms with Crippen LogP contribution in [0.4, 0.5) is 0 Å². The van der Waals surface area contributed by atoms with Crippen LogP contribution in [0.25, 0.3) is 6.08 Å². The van der Waals surface area contributed by atoms with Crippen LogP contribution in [0.3, 0.4) is 0 Å². The molecule has 0 heterocycles. The van der Waals surface area contributed by atoms with Crippen LogP contribution in [0.2, 0.25) is 0 Å². The van der Waals surface area contributed by atoms with Crippen LogP contribution >= 0.6 is 0 Å². The Hall–Kier alpha value is -2.61. The van der Waals surface area contributed by atoms with Crippen molar-refractivity contribution in [1.82, 2.24) is 0 Å². The number of carboxylic acids is 1. The molecule has 0 radical (unpaired) electrons. The first kappa shape index (κ1) is 26.4. The average molecular weight is 421 g/mol. The molecule has 0 spiro atoms. The zero-order chi connectivity index (χ0) is 23.2. The van der Waals surface area contributed by atoms with E-state index in [1.54, 1.807) is 6.08 Å². The second-order valence-corrected chi connectivity index (χ2v) is 8.90. The summed E-state index contributed by atoms with van der Waals surface area (Å²) in [4.78, 5) is 11.0. The molecule has 1 aromatic carbocycles. The largest absolute Gasteiger partial charge is 0.478 e. The van der Waals surface area contributed by atoms with Crippen LogP contribution < -0.4 is 0 Å². The Morgan fingerprint density at radius 1 is 0.742 bits per heavy atom. The Bertz CT molecular complexity index is 810. The second-order valence-electron chi connectivity index (χ2n) is 8.90. The van der Waals surface area contributed by atoms with Crippen LogP contribution in [0.5, 0.6) is 0 Å². The number of allylic oxidation sites excluding steroid dienone is 8. The lowest BCUT2D eigenvalue weighted by molar-refractivity contribution is -0.131. The molecule has 0 aliphatic rings. The summed E-state index contributed by atoms with van der Waals surface area (Å²) in [6, 6.07) is 6.43. The molecular weight excluding hydrogens is 380 g/mol. The molecule has 0 atom stereocenters. The third-order valence-corrected chi connectivity index (χ3v) is 5.05. The van der Waals surface area contributed by atoms with E-state index in [0.717, 1.165) is 44.1 Å². The van der Waals surface area contributed by atoms with E-state index in [0.29, 0.717) is 0 Å². The highest BCUT2D eigenvalue weighted by molar-refractivity contribution is 5.85. The minimum absolute atomic E-state index is 0.867. The lowest BCUT2D eigenvalue weighted by Gasteiger charge is -2.07. The fourth-order valence-electron chi connectivity index (χ4n) is 3.26. The highest BCUT2D eigenvalue weighted by atomic mass is 16.4. The van der Waals surface area contributed by atoms with Crippen LogP contribution in [0, 0.1) is 0 Å². The maximum Gasteiger partial charge on any atom is 0.328 e. The van der Waals surface area contributed by atoms with Crippen LogP contribution in [0.1, 0.15) is 83.9 Å². The van der Waals surface area contributed by atoms with Crippen molar-refractivity contribution in [2.75, 3.05) is 0 Å². The van der Waals surface area contributed by atoms with Crippen molar-refractivity contribution >= 4 is 12.0 Å². The SMILES string of the molecule is CC(C)=CCC/C(C)=C/Cc1cc(/C=C/C(=O)O)cc(C/C=C(\C)CCC=C(C)C)c1. The van der Waals surface area contributed by atoms with Gasteiger partial charge in [0.15, 0.2) is 0 Å². The van der Waals surface area contributed by atoms with Gasteiger partial charge in [-0.15, -0.1) is 0 Å². The lowest BCUT2D eigenvalue weighted by Crippen LogP contribution is -1.92. The molecule has 0 aliphatic heterocycles. The molecule has 0 unspecified atom stereocenters. The summed E-state index contributed by atoms with van der Waals surface area (Å²) in [6.07, 6.45) is 18.1. The summed E-state index contributed by atoms with van der Waals surface area (Å²) in [7, 11) is 0. The molecule has 0 fully saturated rings. The van der Waals surface area contributed by atoms with Crippen molar-refractivity contribution in [2.45, 2.75) is 80.1 Å². The van der Waals surface area contributed by atoms with Gasteiger partial charge < -0.3 is 5.11 Å². The van der Waals surface area contributed by atoms with E-state index in [1.807, 2.05) is 0 Å². The molecule has 31 heavy (non-hydrogen) atoms. The van der Waals surface area contributed by atoms with Gasteiger partial charge in [-0.1, -0.05) is 64.8 Å². The fourth-order valence-corrected chi connectivity index (χ4v) is 3.26. The first-order valence-electron chi connectivity index (χ1n) is 11.3. The number of carbonyl (C=O) groups is 1. The van der Waals surface area contributed by atoms with E-state index in [2.05, 4.69) is 84.0 Å². The molecule has 0 bridgehead atoms. The number of benzene rings is 1. The summed E-state index contributed by atoms with van der Waals surface area (Å²) < 4.78 is 0. The topological polar surface area (TPSA) is 37.3 Å². The maximum absolute atomic E-state index is 11.0. The summed E-state index contributed by atoms with van der Waals surface area (Å²) in [5, 5.41) is 8.99. The number of carboxylic acid groups (broad SMARTS) is 1. The van der Waals surface area contributed by atoms with Crippen LogP contribution in [-0.4, -0.2) is 11.1 Å². The smallest absolute Gasteiger partial charge is 0.328 e. The fraction of sp³-hybridized carbons (Fsp3) is 0.414. The van der Waals surface area contributed by atoms with Crippen molar-refractivity contribution in [1.29, 1.82) is 0 Å². The van der Waals surface area contributed by atoms with E-state index in [4.69, 9.17) is 5.11 Å². The van der Waals surface area contributed by atoms with Gasteiger partial charge in [-0.2, -0.15) is 0 Å². The molecule has 0 amide bonds. The maximum atomic E-state index is 11.0. The predicted molar refractivity (Wildman–Crippen MR) is 135 cm³/mol. The Kier molecular flexibility index (Phi) is 12.3. The van der Waals surface area contributed by atoms with Gasteiger partial charge in [0.1, 0.15) is 0 Å². The molecule has 1 rings (SSSR count). The third-order valence-electron chi connectivity index (χ3n) is 5.05. The van der Waals surface area contributed by atoms with E-state index in [-0.39, 0.29) is 0 Å². The molecule has 0 aliphatic carbocycles. The van der Waals surface area contributed by atoms with Gasteiger partial charge in [0.2, 0.25) is 0 Å². The molecule has 2 heteroatoms.